The minimum absolute atomic E-state index is 0.247. The van der Waals surface area contributed by atoms with Gasteiger partial charge in [-0.2, -0.15) is 13.2 Å². The molecule has 1 aromatic carbocycles. The van der Waals surface area contributed by atoms with E-state index < -0.39 is 11.7 Å². The second kappa shape index (κ2) is 3.89. The molecule has 6 heteroatoms. The number of halogens is 5. The van der Waals surface area contributed by atoms with Crippen molar-refractivity contribution >= 4 is 38.4 Å². The van der Waals surface area contributed by atoms with Crippen molar-refractivity contribution in [3.8, 4) is 0 Å². The van der Waals surface area contributed by atoms with Gasteiger partial charge in [0.25, 0.3) is 0 Å². The van der Waals surface area contributed by atoms with E-state index in [0.29, 0.717) is 5.52 Å². The monoisotopic (exact) mass is 309 g/mol. The van der Waals surface area contributed by atoms with Gasteiger partial charge in [-0.25, -0.2) is 0 Å². The average molecular weight is 311 g/mol. The normalized spacial score (nSPS) is 12.1. The first-order valence-electron chi connectivity index (χ1n) is 4.20. The third-order valence-corrected chi connectivity index (χ3v) is 3.01. The molecule has 1 nitrogen and oxygen atoms in total. The predicted molar refractivity (Wildman–Crippen MR) is 59.5 cm³/mol. The third kappa shape index (κ3) is 2.01. The number of alkyl halides is 3. The molecule has 2 aromatic rings. The number of pyridine rings is 1. The number of nitrogens with zero attached hydrogens (tertiary/aromatic N) is 1. The fourth-order valence-electron chi connectivity index (χ4n) is 1.34. The summed E-state index contributed by atoms with van der Waals surface area (Å²) in [5.41, 5.74) is -0.331. The molecule has 0 aliphatic carbocycles. The fraction of sp³-hybridized carbons (Fsp3) is 0.100. The van der Waals surface area contributed by atoms with Crippen LogP contribution in [-0.4, -0.2) is 4.98 Å². The summed E-state index contributed by atoms with van der Waals surface area (Å²) in [5, 5.41) is 0.530. The summed E-state index contributed by atoms with van der Waals surface area (Å²) in [4.78, 5) is 3.97. The highest BCUT2D eigenvalue weighted by molar-refractivity contribution is 9.10. The van der Waals surface area contributed by atoms with E-state index in [1.807, 2.05) is 0 Å². The number of fused-ring (bicyclic) bond motifs is 1. The zero-order chi connectivity index (χ0) is 11.9. The summed E-state index contributed by atoms with van der Waals surface area (Å²) in [6.07, 6.45) is -2.95. The molecule has 0 N–H and O–H groups in total. The van der Waals surface area contributed by atoms with Gasteiger partial charge < -0.3 is 0 Å². The largest absolute Gasteiger partial charge is 0.416 e. The van der Waals surface area contributed by atoms with Crippen LogP contribution in [0.3, 0.4) is 0 Å². The van der Waals surface area contributed by atoms with E-state index >= 15 is 0 Å². The van der Waals surface area contributed by atoms with E-state index in [0.717, 1.165) is 12.1 Å². The highest BCUT2D eigenvalue weighted by Gasteiger charge is 2.31. The molecule has 0 saturated carbocycles. The Kier molecular flexibility index (Phi) is 2.84. The smallest absolute Gasteiger partial charge is 0.255 e. The van der Waals surface area contributed by atoms with E-state index in [-0.39, 0.29) is 14.9 Å². The molecule has 16 heavy (non-hydrogen) atoms. The summed E-state index contributed by atoms with van der Waals surface area (Å²) < 4.78 is 37.9. The Morgan fingerprint density at radius 1 is 1.25 bits per heavy atom. The molecule has 1 heterocycles. The Hall–Kier alpha value is -0.810. The van der Waals surface area contributed by atoms with Gasteiger partial charge in [0.1, 0.15) is 0 Å². The van der Waals surface area contributed by atoms with Crippen LogP contribution in [0, 0.1) is 0 Å². The molecule has 1 aromatic heterocycles. The number of aromatic nitrogens is 1. The predicted octanol–water partition coefficient (Wildman–Crippen LogP) is 4.67. The van der Waals surface area contributed by atoms with Crippen LogP contribution in [0.4, 0.5) is 13.2 Å². The number of hydrogen-bond acceptors (Lipinski definition) is 1. The van der Waals surface area contributed by atoms with Crippen LogP contribution in [0.5, 0.6) is 0 Å². The molecule has 0 bridgehead atoms. The standard InChI is InChI=1S/C10H4BrClF3N/c11-7-4-5(10(13,14)15)3-6-8(12)1-2-16-9(6)7/h1-4H. The SMILES string of the molecule is FC(F)(F)c1cc(Br)c2nccc(Cl)c2c1. The van der Waals surface area contributed by atoms with Crippen LogP contribution >= 0.6 is 27.5 Å². The molecule has 0 aliphatic rings. The van der Waals surface area contributed by atoms with Crippen molar-refractivity contribution in [2.75, 3.05) is 0 Å². The molecular weight excluding hydrogens is 306 g/mol. The Balaban J connectivity index is 2.81. The number of hydrogen-bond donors (Lipinski definition) is 0. The van der Waals surface area contributed by atoms with Crippen molar-refractivity contribution in [3.05, 3.63) is 39.5 Å². The van der Waals surface area contributed by atoms with Crippen molar-refractivity contribution in [2.24, 2.45) is 0 Å². The topological polar surface area (TPSA) is 12.9 Å². The van der Waals surface area contributed by atoms with E-state index in [1.54, 1.807) is 0 Å². The molecule has 0 unspecified atom stereocenters. The minimum atomic E-state index is -4.39. The zero-order valence-corrected chi connectivity index (χ0v) is 9.99. The number of rotatable bonds is 0. The molecule has 0 aliphatic heterocycles. The van der Waals surface area contributed by atoms with Crippen molar-refractivity contribution in [2.45, 2.75) is 6.18 Å². The fourth-order valence-corrected chi connectivity index (χ4v) is 2.11. The maximum Gasteiger partial charge on any atom is 0.416 e. The average Bonchev–Trinajstić information content (AvgIpc) is 2.18. The van der Waals surface area contributed by atoms with Gasteiger partial charge in [-0.05, 0) is 34.1 Å². The van der Waals surface area contributed by atoms with E-state index in [9.17, 15) is 13.2 Å². The van der Waals surface area contributed by atoms with Gasteiger partial charge >= 0.3 is 6.18 Å². The van der Waals surface area contributed by atoms with Gasteiger partial charge in [0.15, 0.2) is 0 Å². The summed E-state index contributed by atoms with van der Waals surface area (Å²) in [6.45, 7) is 0. The second-order valence-corrected chi connectivity index (χ2v) is 4.41. The molecular formula is C10H4BrClF3N. The maximum absolute atomic E-state index is 12.5. The van der Waals surface area contributed by atoms with E-state index in [4.69, 9.17) is 11.6 Å². The Labute approximate surface area is 102 Å². The molecule has 84 valence electrons. The molecule has 2 rings (SSSR count). The summed E-state index contributed by atoms with van der Waals surface area (Å²) in [6, 6.07) is 3.44. The van der Waals surface area contributed by atoms with Gasteiger partial charge in [-0.15, -0.1) is 0 Å². The lowest BCUT2D eigenvalue weighted by atomic mass is 10.1. The quantitative estimate of drug-likeness (QED) is 0.689. The first kappa shape index (κ1) is 11.7. The lowest BCUT2D eigenvalue weighted by Crippen LogP contribution is -2.05. The molecule has 0 atom stereocenters. The first-order valence-corrected chi connectivity index (χ1v) is 5.37. The van der Waals surface area contributed by atoms with Crippen molar-refractivity contribution < 1.29 is 13.2 Å². The molecule has 0 amide bonds. The first-order chi connectivity index (χ1) is 7.39. The van der Waals surface area contributed by atoms with Crippen LogP contribution in [0.1, 0.15) is 5.56 Å². The van der Waals surface area contributed by atoms with E-state index in [1.165, 1.54) is 12.3 Å². The highest BCUT2D eigenvalue weighted by Crippen LogP contribution is 2.36. The molecule has 0 fully saturated rings. The Morgan fingerprint density at radius 2 is 1.94 bits per heavy atom. The third-order valence-electron chi connectivity index (χ3n) is 2.07. The lowest BCUT2D eigenvalue weighted by Gasteiger charge is -2.09. The zero-order valence-electron chi connectivity index (χ0n) is 7.65. The van der Waals surface area contributed by atoms with Crippen LogP contribution in [0.25, 0.3) is 10.9 Å². The number of benzene rings is 1. The van der Waals surface area contributed by atoms with Crippen LogP contribution in [-0.2, 0) is 6.18 Å². The van der Waals surface area contributed by atoms with Crippen LogP contribution in [0.15, 0.2) is 28.9 Å². The van der Waals surface area contributed by atoms with Crippen molar-refractivity contribution in [1.29, 1.82) is 0 Å². The van der Waals surface area contributed by atoms with Gasteiger partial charge in [0.2, 0.25) is 0 Å². The van der Waals surface area contributed by atoms with Gasteiger partial charge in [-0.1, -0.05) is 11.6 Å². The maximum atomic E-state index is 12.5. The van der Waals surface area contributed by atoms with Gasteiger partial charge in [-0.3, -0.25) is 4.98 Å². The molecule has 0 spiro atoms. The van der Waals surface area contributed by atoms with E-state index in [2.05, 4.69) is 20.9 Å². The van der Waals surface area contributed by atoms with Crippen LogP contribution in [0.2, 0.25) is 5.02 Å². The van der Waals surface area contributed by atoms with Gasteiger partial charge in [0.05, 0.1) is 16.1 Å². The summed E-state index contributed by atoms with van der Waals surface area (Å²) in [7, 11) is 0. The molecule has 0 radical (unpaired) electrons. The summed E-state index contributed by atoms with van der Waals surface area (Å²) >= 11 is 8.88. The summed E-state index contributed by atoms with van der Waals surface area (Å²) in [5.74, 6) is 0. The van der Waals surface area contributed by atoms with Crippen molar-refractivity contribution in [1.82, 2.24) is 4.98 Å². The Bertz CT molecular complexity index is 553. The minimum Gasteiger partial charge on any atom is -0.255 e. The highest BCUT2D eigenvalue weighted by atomic mass is 79.9. The Morgan fingerprint density at radius 3 is 2.56 bits per heavy atom. The van der Waals surface area contributed by atoms with Crippen LogP contribution < -0.4 is 0 Å². The van der Waals surface area contributed by atoms with Gasteiger partial charge in [0, 0.05) is 16.1 Å². The van der Waals surface area contributed by atoms with Crippen molar-refractivity contribution in [3.63, 3.8) is 0 Å². The molecule has 0 saturated heterocycles. The second-order valence-electron chi connectivity index (χ2n) is 3.14. The lowest BCUT2D eigenvalue weighted by molar-refractivity contribution is -0.137.